The standard InChI is InChI=1S/C21H24N2O3S/c24-19(23-12-6-10-15-7-4-5-11-18(15)23)13-26-21(25)17-14-27-20(22-17)16-8-2-1-3-9-16/h1-3,8-9,14-15,18H,4-7,10-13H2/t15-,18-/m1/s1. The van der Waals surface area contributed by atoms with E-state index in [1.165, 1.54) is 37.0 Å². The fraction of sp³-hybridized carbons (Fsp3) is 0.476. The maximum absolute atomic E-state index is 12.6. The Morgan fingerprint density at radius 1 is 1.11 bits per heavy atom. The Morgan fingerprint density at radius 2 is 1.89 bits per heavy atom. The Morgan fingerprint density at radius 3 is 2.74 bits per heavy atom. The van der Waals surface area contributed by atoms with Crippen LogP contribution in [0.3, 0.4) is 0 Å². The van der Waals surface area contributed by atoms with E-state index < -0.39 is 5.97 Å². The SMILES string of the molecule is O=C(OCC(=O)N1CCC[C@H]2CCCC[C@H]21)c1csc(-c2ccccc2)n1. The number of esters is 1. The molecule has 27 heavy (non-hydrogen) atoms. The molecule has 2 aliphatic rings. The Bertz CT molecular complexity index is 803. The van der Waals surface area contributed by atoms with Gasteiger partial charge < -0.3 is 9.64 Å². The van der Waals surface area contributed by atoms with Gasteiger partial charge in [0.15, 0.2) is 12.3 Å². The van der Waals surface area contributed by atoms with Gasteiger partial charge in [-0.05, 0) is 31.6 Å². The van der Waals surface area contributed by atoms with Crippen LogP contribution in [-0.2, 0) is 9.53 Å². The molecule has 1 aromatic heterocycles. The van der Waals surface area contributed by atoms with Crippen molar-refractivity contribution in [3.05, 3.63) is 41.4 Å². The van der Waals surface area contributed by atoms with E-state index in [1.807, 2.05) is 35.2 Å². The highest BCUT2D eigenvalue weighted by Gasteiger charge is 2.35. The smallest absolute Gasteiger partial charge is 0.358 e. The van der Waals surface area contributed by atoms with Crippen LogP contribution in [0.15, 0.2) is 35.7 Å². The second-order valence-electron chi connectivity index (χ2n) is 7.32. The average Bonchev–Trinajstić information content (AvgIpc) is 3.22. The van der Waals surface area contributed by atoms with Gasteiger partial charge in [-0.2, -0.15) is 0 Å². The van der Waals surface area contributed by atoms with Crippen LogP contribution in [0.2, 0.25) is 0 Å². The molecule has 1 saturated heterocycles. The lowest BCUT2D eigenvalue weighted by molar-refractivity contribution is -0.140. The number of thiazole rings is 1. The molecule has 0 bridgehead atoms. The number of nitrogens with zero attached hydrogens (tertiary/aromatic N) is 2. The lowest BCUT2D eigenvalue weighted by Gasteiger charge is -2.44. The number of ether oxygens (including phenoxy) is 1. The molecule has 2 heterocycles. The molecule has 1 saturated carbocycles. The van der Waals surface area contributed by atoms with Crippen LogP contribution in [0.4, 0.5) is 0 Å². The summed E-state index contributed by atoms with van der Waals surface area (Å²) in [6.07, 6.45) is 7.02. The van der Waals surface area contributed by atoms with Gasteiger partial charge in [-0.1, -0.05) is 43.2 Å². The van der Waals surface area contributed by atoms with Crippen LogP contribution in [0.1, 0.15) is 49.0 Å². The van der Waals surface area contributed by atoms with Crippen LogP contribution in [0.5, 0.6) is 0 Å². The third-order valence-electron chi connectivity index (χ3n) is 5.62. The molecule has 142 valence electrons. The molecule has 6 heteroatoms. The van der Waals surface area contributed by atoms with E-state index in [9.17, 15) is 9.59 Å². The van der Waals surface area contributed by atoms with Crippen molar-refractivity contribution >= 4 is 23.2 Å². The zero-order valence-corrected chi connectivity index (χ0v) is 16.1. The molecule has 0 N–H and O–H groups in total. The number of benzene rings is 1. The normalized spacial score (nSPS) is 22.1. The number of likely N-dealkylation sites (tertiary alicyclic amines) is 1. The minimum absolute atomic E-state index is 0.0709. The monoisotopic (exact) mass is 384 g/mol. The van der Waals surface area contributed by atoms with Gasteiger partial charge in [0.05, 0.1) is 0 Å². The molecule has 1 aliphatic heterocycles. The zero-order valence-electron chi connectivity index (χ0n) is 15.3. The molecule has 4 rings (SSSR count). The summed E-state index contributed by atoms with van der Waals surface area (Å²) in [7, 11) is 0. The van der Waals surface area contributed by atoms with E-state index in [-0.39, 0.29) is 18.2 Å². The molecule has 5 nitrogen and oxygen atoms in total. The summed E-state index contributed by atoms with van der Waals surface area (Å²) in [6.45, 7) is 0.590. The molecule has 0 unspecified atom stereocenters. The van der Waals surface area contributed by atoms with E-state index >= 15 is 0 Å². The fourth-order valence-corrected chi connectivity index (χ4v) is 5.09. The molecule has 2 atom stereocenters. The number of aromatic nitrogens is 1. The predicted molar refractivity (Wildman–Crippen MR) is 105 cm³/mol. The summed E-state index contributed by atoms with van der Waals surface area (Å²) in [6, 6.07) is 10.1. The number of rotatable bonds is 4. The molecular formula is C21H24N2O3S. The number of carbonyl (C=O) groups excluding carboxylic acids is 2. The van der Waals surface area contributed by atoms with Crippen LogP contribution < -0.4 is 0 Å². The molecule has 0 radical (unpaired) electrons. The zero-order chi connectivity index (χ0) is 18.6. The van der Waals surface area contributed by atoms with E-state index in [1.54, 1.807) is 5.38 Å². The Hall–Kier alpha value is -2.21. The van der Waals surface area contributed by atoms with Crippen LogP contribution in [-0.4, -0.2) is 41.0 Å². The van der Waals surface area contributed by atoms with Gasteiger partial charge >= 0.3 is 5.97 Å². The first kappa shape index (κ1) is 18.2. The highest BCUT2D eigenvalue weighted by Crippen LogP contribution is 2.35. The second-order valence-corrected chi connectivity index (χ2v) is 8.18. The fourth-order valence-electron chi connectivity index (χ4n) is 4.30. The summed E-state index contributed by atoms with van der Waals surface area (Å²) >= 11 is 1.40. The molecule has 1 aliphatic carbocycles. The molecule has 1 aromatic carbocycles. The average molecular weight is 385 g/mol. The lowest BCUT2D eigenvalue weighted by Crippen LogP contribution is -2.50. The molecule has 2 aromatic rings. The van der Waals surface area contributed by atoms with Gasteiger partial charge in [-0.15, -0.1) is 11.3 Å². The number of hydrogen-bond donors (Lipinski definition) is 0. The summed E-state index contributed by atoms with van der Waals surface area (Å²) in [5.41, 5.74) is 1.23. The summed E-state index contributed by atoms with van der Waals surface area (Å²) in [5.74, 6) is 0.0246. The number of piperidine rings is 1. The van der Waals surface area contributed by atoms with E-state index in [0.717, 1.165) is 30.0 Å². The molecule has 0 spiro atoms. The van der Waals surface area contributed by atoms with Crippen molar-refractivity contribution < 1.29 is 14.3 Å². The van der Waals surface area contributed by atoms with Crippen molar-refractivity contribution in [2.45, 2.75) is 44.6 Å². The summed E-state index contributed by atoms with van der Waals surface area (Å²) < 4.78 is 5.29. The predicted octanol–water partition coefficient (Wildman–Crippen LogP) is 4.15. The maximum atomic E-state index is 12.6. The van der Waals surface area contributed by atoms with Crippen molar-refractivity contribution in [2.24, 2.45) is 5.92 Å². The minimum atomic E-state index is -0.529. The number of fused-ring (bicyclic) bond motifs is 1. The van der Waals surface area contributed by atoms with Gasteiger partial charge in [-0.25, -0.2) is 9.78 Å². The van der Waals surface area contributed by atoms with E-state index in [0.29, 0.717) is 12.0 Å². The Kier molecular flexibility index (Phi) is 5.53. The third kappa shape index (κ3) is 4.05. The Balaban J connectivity index is 1.35. The van der Waals surface area contributed by atoms with Gasteiger partial charge in [0.1, 0.15) is 5.01 Å². The molecule has 1 amide bonds. The third-order valence-corrected chi connectivity index (χ3v) is 6.52. The number of amides is 1. The minimum Gasteiger partial charge on any atom is -0.451 e. The van der Waals surface area contributed by atoms with Crippen molar-refractivity contribution in [2.75, 3.05) is 13.2 Å². The van der Waals surface area contributed by atoms with Crippen LogP contribution in [0, 0.1) is 5.92 Å². The second kappa shape index (κ2) is 8.21. The first-order valence-electron chi connectivity index (χ1n) is 9.70. The quantitative estimate of drug-likeness (QED) is 0.743. The first-order chi connectivity index (χ1) is 13.2. The summed E-state index contributed by atoms with van der Waals surface area (Å²) in [4.78, 5) is 31.3. The largest absolute Gasteiger partial charge is 0.451 e. The van der Waals surface area contributed by atoms with Crippen molar-refractivity contribution in [1.29, 1.82) is 0 Å². The molecule has 2 fully saturated rings. The van der Waals surface area contributed by atoms with E-state index in [2.05, 4.69) is 4.98 Å². The topological polar surface area (TPSA) is 59.5 Å². The van der Waals surface area contributed by atoms with Gasteiger partial charge in [-0.3, -0.25) is 4.79 Å². The highest BCUT2D eigenvalue weighted by molar-refractivity contribution is 7.13. The van der Waals surface area contributed by atoms with Crippen LogP contribution >= 0.6 is 11.3 Å². The lowest BCUT2D eigenvalue weighted by atomic mass is 9.78. The number of hydrogen-bond acceptors (Lipinski definition) is 5. The maximum Gasteiger partial charge on any atom is 0.358 e. The van der Waals surface area contributed by atoms with Crippen molar-refractivity contribution in [3.63, 3.8) is 0 Å². The van der Waals surface area contributed by atoms with Gasteiger partial charge in [0.25, 0.3) is 5.91 Å². The van der Waals surface area contributed by atoms with Gasteiger partial charge in [0.2, 0.25) is 0 Å². The number of carbonyl (C=O) groups is 2. The first-order valence-corrected chi connectivity index (χ1v) is 10.6. The van der Waals surface area contributed by atoms with Crippen molar-refractivity contribution in [3.8, 4) is 10.6 Å². The van der Waals surface area contributed by atoms with E-state index in [4.69, 9.17) is 4.74 Å². The Labute approximate surface area is 163 Å². The summed E-state index contributed by atoms with van der Waals surface area (Å²) in [5, 5.41) is 2.46. The molecular weight excluding hydrogens is 360 g/mol. The highest BCUT2D eigenvalue weighted by atomic mass is 32.1. The van der Waals surface area contributed by atoms with Crippen LogP contribution in [0.25, 0.3) is 10.6 Å². The van der Waals surface area contributed by atoms with Gasteiger partial charge in [0, 0.05) is 23.5 Å². The van der Waals surface area contributed by atoms with Crippen molar-refractivity contribution in [1.82, 2.24) is 9.88 Å².